The molecule has 0 heterocycles. The molecule has 3 heteroatoms. The zero-order valence-electron chi connectivity index (χ0n) is 7.65. The Kier molecular flexibility index (Phi) is 3.20. The number of aliphatic imine (C=N–C) groups is 1. The number of amides is 1. The first-order valence-electron chi connectivity index (χ1n) is 3.92. The Hall–Kier alpha value is -1.64. The number of hydrogen-bond donors (Lipinski definition) is 0. The van der Waals surface area contributed by atoms with Crippen LogP contribution in [0.5, 0.6) is 0 Å². The van der Waals surface area contributed by atoms with Crippen LogP contribution in [0, 0.1) is 0 Å². The molecule has 0 saturated carbocycles. The summed E-state index contributed by atoms with van der Waals surface area (Å²) in [6.45, 7) is 1.77. The number of carbonyl (C=O) groups excluding carboxylic acids is 1. The highest BCUT2D eigenvalue weighted by Gasteiger charge is 1.99. The van der Waals surface area contributed by atoms with Crippen LogP contribution in [0.2, 0.25) is 0 Å². The van der Waals surface area contributed by atoms with E-state index in [-0.39, 0.29) is 0 Å². The van der Waals surface area contributed by atoms with Crippen molar-refractivity contribution in [2.24, 2.45) is 4.99 Å². The molecule has 0 N–H and O–H groups in total. The average molecular weight is 177 g/mol. The Balaban J connectivity index is 2.85. The first kappa shape index (κ1) is 9.45. The maximum Gasteiger partial charge on any atom is 0.433 e. The van der Waals surface area contributed by atoms with E-state index in [0.717, 1.165) is 5.56 Å². The Morgan fingerprint density at radius 2 is 1.92 bits per heavy atom. The lowest BCUT2D eigenvalue weighted by Gasteiger charge is -1.98. The minimum Gasteiger partial charge on any atom is -0.451 e. The number of nitrogens with zero attached hydrogens (tertiary/aromatic N) is 1. The highest BCUT2D eigenvalue weighted by molar-refractivity contribution is 6.03. The van der Waals surface area contributed by atoms with Crippen LogP contribution in [0.3, 0.4) is 0 Å². The molecule has 0 bridgehead atoms. The summed E-state index contributed by atoms with van der Waals surface area (Å²) in [5, 5.41) is 0. The number of carbonyl (C=O) groups is 1. The molecule has 13 heavy (non-hydrogen) atoms. The van der Waals surface area contributed by atoms with Crippen LogP contribution >= 0.6 is 0 Å². The Morgan fingerprint density at radius 1 is 1.31 bits per heavy atom. The smallest absolute Gasteiger partial charge is 0.433 e. The monoisotopic (exact) mass is 177 g/mol. The Bertz CT molecular complexity index is 317. The van der Waals surface area contributed by atoms with E-state index in [0.29, 0.717) is 5.71 Å². The van der Waals surface area contributed by atoms with Gasteiger partial charge in [-0.1, -0.05) is 30.3 Å². The van der Waals surface area contributed by atoms with Crippen molar-refractivity contribution in [3.05, 3.63) is 35.9 Å². The SMILES string of the molecule is COC(=O)/N=C(/C)c1ccccc1. The van der Waals surface area contributed by atoms with Crippen molar-refractivity contribution in [3.63, 3.8) is 0 Å². The summed E-state index contributed by atoms with van der Waals surface area (Å²) < 4.78 is 4.42. The Morgan fingerprint density at radius 3 is 2.46 bits per heavy atom. The molecule has 0 fully saturated rings. The molecule has 0 aliphatic heterocycles. The standard InChI is InChI=1S/C10H11NO2/c1-8(11-10(12)13-2)9-6-4-3-5-7-9/h3-7H,1-2H3/b11-8-. The van der Waals surface area contributed by atoms with Crippen molar-refractivity contribution in [2.75, 3.05) is 7.11 Å². The van der Waals surface area contributed by atoms with Gasteiger partial charge in [-0.25, -0.2) is 4.79 Å². The van der Waals surface area contributed by atoms with E-state index in [9.17, 15) is 4.79 Å². The van der Waals surface area contributed by atoms with Gasteiger partial charge in [0.15, 0.2) is 0 Å². The second-order valence-electron chi connectivity index (χ2n) is 2.53. The zero-order chi connectivity index (χ0) is 9.68. The van der Waals surface area contributed by atoms with Gasteiger partial charge in [-0.3, -0.25) is 0 Å². The van der Waals surface area contributed by atoms with Crippen molar-refractivity contribution in [1.82, 2.24) is 0 Å². The molecule has 0 spiro atoms. The molecule has 0 saturated heterocycles. The molecule has 0 unspecified atom stereocenters. The molecule has 0 aliphatic rings. The predicted molar refractivity (Wildman–Crippen MR) is 51.1 cm³/mol. The summed E-state index contributed by atoms with van der Waals surface area (Å²) in [5.74, 6) is 0. The van der Waals surface area contributed by atoms with Gasteiger partial charge in [-0.2, -0.15) is 4.99 Å². The van der Waals surface area contributed by atoms with Crippen LogP contribution in [0.4, 0.5) is 4.79 Å². The third kappa shape index (κ3) is 2.71. The molecule has 0 aromatic heterocycles. The lowest BCUT2D eigenvalue weighted by Crippen LogP contribution is -2.00. The fraction of sp³-hybridized carbons (Fsp3) is 0.200. The fourth-order valence-electron chi connectivity index (χ4n) is 0.926. The van der Waals surface area contributed by atoms with Gasteiger partial charge in [0.05, 0.1) is 12.8 Å². The van der Waals surface area contributed by atoms with Crippen LogP contribution < -0.4 is 0 Å². The topological polar surface area (TPSA) is 38.7 Å². The first-order valence-corrected chi connectivity index (χ1v) is 3.92. The lowest BCUT2D eigenvalue weighted by atomic mass is 10.1. The van der Waals surface area contributed by atoms with E-state index in [1.807, 2.05) is 30.3 Å². The van der Waals surface area contributed by atoms with Gasteiger partial charge in [0.25, 0.3) is 0 Å². The van der Waals surface area contributed by atoms with E-state index in [1.54, 1.807) is 6.92 Å². The molecule has 1 aromatic rings. The molecule has 0 aliphatic carbocycles. The van der Waals surface area contributed by atoms with Gasteiger partial charge < -0.3 is 4.74 Å². The number of methoxy groups -OCH3 is 1. The summed E-state index contributed by atoms with van der Waals surface area (Å²) in [6, 6.07) is 9.48. The minimum atomic E-state index is -0.568. The van der Waals surface area contributed by atoms with Gasteiger partial charge in [0.2, 0.25) is 0 Å². The number of rotatable bonds is 1. The maximum atomic E-state index is 10.8. The van der Waals surface area contributed by atoms with Gasteiger partial charge in [-0.15, -0.1) is 0 Å². The largest absolute Gasteiger partial charge is 0.451 e. The van der Waals surface area contributed by atoms with Crippen LogP contribution in [0.25, 0.3) is 0 Å². The third-order valence-electron chi connectivity index (χ3n) is 1.63. The molecule has 3 nitrogen and oxygen atoms in total. The molecular formula is C10H11NO2. The minimum absolute atomic E-state index is 0.568. The van der Waals surface area contributed by atoms with Gasteiger partial charge >= 0.3 is 6.09 Å². The molecule has 1 amide bonds. The van der Waals surface area contributed by atoms with E-state index in [4.69, 9.17) is 0 Å². The molecule has 1 aromatic carbocycles. The van der Waals surface area contributed by atoms with Crippen LogP contribution in [0.15, 0.2) is 35.3 Å². The van der Waals surface area contributed by atoms with E-state index in [1.165, 1.54) is 7.11 Å². The third-order valence-corrected chi connectivity index (χ3v) is 1.63. The summed E-state index contributed by atoms with van der Waals surface area (Å²) in [6.07, 6.45) is -0.568. The van der Waals surface area contributed by atoms with E-state index in [2.05, 4.69) is 9.73 Å². The summed E-state index contributed by atoms with van der Waals surface area (Å²) in [5.41, 5.74) is 1.58. The quantitative estimate of drug-likeness (QED) is 0.617. The molecule has 68 valence electrons. The highest BCUT2D eigenvalue weighted by atomic mass is 16.5. The van der Waals surface area contributed by atoms with Crippen molar-refractivity contribution in [2.45, 2.75) is 6.92 Å². The summed E-state index contributed by atoms with van der Waals surface area (Å²) in [4.78, 5) is 14.5. The molecule has 0 radical (unpaired) electrons. The molecular weight excluding hydrogens is 166 g/mol. The second-order valence-corrected chi connectivity index (χ2v) is 2.53. The van der Waals surface area contributed by atoms with Crippen molar-refractivity contribution >= 4 is 11.8 Å². The number of hydrogen-bond acceptors (Lipinski definition) is 2. The zero-order valence-corrected chi connectivity index (χ0v) is 7.65. The van der Waals surface area contributed by atoms with Gasteiger partial charge in [-0.05, 0) is 12.5 Å². The van der Waals surface area contributed by atoms with Crippen molar-refractivity contribution < 1.29 is 9.53 Å². The lowest BCUT2D eigenvalue weighted by molar-refractivity contribution is 0.182. The van der Waals surface area contributed by atoms with Crippen LogP contribution in [-0.4, -0.2) is 18.9 Å². The maximum absolute atomic E-state index is 10.8. The first-order chi connectivity index (χ1) is 6.24. The van der Waals surface area contributed by atoms with E-state index < -0.39 is 6.09 Å². The summed E-state index contributed by atoms with van der Waals surface area (Å²) >= 11 is 0. The fourth-order valence-corrected chi connectivity index (χ4v) is 0.926. The number of benzene rings is 1. The molecule has 1 rings (SSSR count). The normalized spacial score (nSPS) is 11.1. The Labute approximate surface area is 77.1 Å². The second kappa shape index (κ2) is 4.40. The highest BCUT2D eigenvalue weighted by Crippen LogP contribution is 2.01. The predicted octanol–water partition coefficient (Wildman–Crippen LogP) is 2.26. The molecule has 0 atom stereocenters. The van der Waals surface area contributed by atoms with Crippen molar-refractivity contribution in [1.29, 1.82) is 0 Å². The van der Waals surface area contributed by atoms with Crippen LogP contribution in [0.1, 0.15) is 12.5 Å². The summed E-state index contributed by atoms with van der Waals surface area (Å²) in [7, 11) is 1.31. The average Bonchev–Trinajstić information content (AvgIpc) is 2.19. The van der Waals surface area contributed by atoms with Crippen molar-refractivity contribution in [3.8, 4) is 0 Å². The van der Waals surface area contributed by atoms with E-state index >= 15 is 0 Å². The van der Waals surface area contributed by atoms with Gasteiger partial charge in [0.1, 0.15) is 0 Å². The number of ether oxygens (including phenoxy) is 1. The van der Waals surface area contributed by atoms with Gasteiger partial charge in [0, 0.05) is 0 Å². The van der Waals surface area contributed by atoms with Crippen LogP contribution in [-0.2, 0) is 4.74 Å².